The number of halogens is 2. The Hall–Kier alpha value is -0.0331. The molecule has 0 aliphatic rings. The monoisotopic (exact) mass is 336 g/mol. The molecular weight excluding hydrogens is 320 g/mol. The zero-order valence-electron chi connectivity index (χ0n) is 10.4. The molecule has 1 aromatic carbocycles. The molecule has 0 heterocycles. The molecule has 0 atom stereocenters. The van der Waals surface area contributed by atoms with Crippen LogP contribution in [-0.2, 0) is 4.74 Å². The summed E-state index contributed by atoms with van der Waals surface area (Å²) in [5, 5.41) is 0.643. The van der Waals surface area contributed by atoms with E-state index in [2.05, 4.69) is 35.6 Å². The average molecular weight is 338 g/mol. The highest BCUT2D eigenvalue weighted by molar-refractivity contribution is 9.10. The maximum atomic E-state index is 5.95. The number of hydrogen-bond acceptors (Lipinski definition) is 2. The van der Waals surface area contributed by atoms with Gasteiger partial charge in [0.1, 0.15) is 5.75 Å². The van der Waals surface area contributed by atoms with Gasteiger partial charge < -0.3 is 9.47 Å². The zero-order chi connectivity index (χ0) is 12.9. The lowest BCUT2D eigenvalue weighted by molar-refractivity contribution is 0.0216. The van der Waals surface area contributed by atoms with Crippen molar-refractivity contribution < 1.29 is 9.47 Å². The van der Waals surface area contributed by atoms with Gasteiger partial charge in [0, 0.05) is 14.7 Å². The van der Waals surface area contributed by atoms with Gasteiger partial charge in [0.05, 0.1) is 9.50 Å². The lowest BCUT2D eigenvalue weighted by Gasteiger charge is -2.15. The number of hydrogen-bond donors (Lipinski definition) is 0. The lowest BCUT2D eigenvalue weighted by atomic mass is 10.3. The van der Waals surface area contributed by atoms with Crippen molar-refractivity contribution in [2.45, 2.75) is 25.7 Å². The summed E-state index contributed by atoms with van der Waals surface area (Å²) in [6.07, 6.45) is 0. The van der Waals surface area contributed by atoms with Crippen LogP contribution in [0.3, 0.4) is 0 Å². The fraction of sp³-hybridized carbons (Fsp3) is 0.500. The van der Waals surface area contributed by atoms with Crippen molar-refractivity contribution in [3.8, 4) is 5.75 Å². The first-order chi connectivity index (χ1) is 7.90. The Labute approximate surface area is 117 Å². The van der Waals surface area contributed by atoms with Crippen molar-refractivity contribution >= 4 is 35.6 Å². The second kappa shape index (κ2) is 6.78. The minimum absolute atomic E-state index is 0.267. The first-order valence-electron chi connectivity index (χ1n) is 5.55. The van der Waals surface area contributed by atoms with Crippen molar-refractivity contribution in [2.24, 2.45) is 0 Å². The third-order valence-corrected chi connectivity index (χ3v) is 5.28. The van der Waals surface area contributed by atoms with E-state index < -0.39 is 8.07 Å². The standard InChI is InChI=1S/C12H18BrClO2Si/c1-17(2,3)8-7-15-9-16-11-6-4-5-10(14)12(11)13/h4-6H,7-9H2,1-3H3. The fourth-order valence-electron chi connectivity index (χ4n) is 1.14. The van der Waals surface area contributed by atoms with E-state index >= 15 is 0 Å². The second-order valence-corrected chi connectivity index (χ2v) is 11.9. The third kappa shape index (κ3) is 5.90. The van der Waals surface area contributed by atoms with Gasteiger partial charge in [-0.2, -0.15) is 0 Å². The van der Waals surface area contributed by atoms with Crippen LogP contribution in [0.25, 0.3) is 0 Å². The van der Waals surface area contributed by atoms with Crippen LogP contribution in [0.1, 0.15) is 0 Å². The molecule has 1 rings (SSSR count). The maximum Gasteiger partial charge on any atom is 0.189 e. The number of rotatable bonds is 6. The molecule has 17 heavy (non-hydrogen) atoms. The summed E-state index contributed by atoms with van der Waals surface area (Å²) >= 11 is 9.33. The van der Waals surface area contributed by atoms with Crippen LogP contribution in [-0.4, -0.2) is 21.5 Å². The van der Waals surface area contributed by atoms with Crippen molar-refractivity contribution in [2.75, 3.05) is 13.4 Å². The molecule has 5 heteroatoms. The summed E-state index contributed by atoms with van der Waals surface area (Å²) in [7, 11) is -1.02. The van der Waals surface area contributed by atoms with E-state index in [0.717, 1.165) is 17.1 Å². The van der Waals surface area contributed by atoms with Gasteiger partial charge in [-0.3, -0.25) is 0 Å². The highest BCUT2D eigenvalue weighted by Crippen LogP contribution is 2.31. The Morgan fingerprint density at radius 1 is 1.29 bits per heavy atom. The molecule has 0 N–H and O–H groups in total. The summed E-state index contributed by atoms with van der Waals surface area (Å²) < 4.78 is 11.7. The predicted octanol–water partition coefficient (Wildman–Crippen LogP) is 4.79. The van der Waals surface area contributed by atoms with Crippen LogP contribution in [0.4, 0.5) is 0 Å². The van der Waals surface area contributed by atoms with E-state index in [1.807, 2.05) is 18.2 Å². The fourth-order valence-corrected chi connectivity index (χ4v) is 2.44. The third-order valence-electron chi connectivity index (χ3n) is 2.21. The van der Waals surface area contributed by atoms with Crippen LogP contribution in [0, 0.1) is 0 Å². The SMILES string of the molecule is C[Si](C)(C)CCOCOc1cccc(Cl)c1Br. The van der Waals surface area contributed by atoms with Gasteiger partial charge in [-0.15, -0.1) is 0 Å². The van der Waals surface area contributed by atoms with Crippen LogP contribution >= 0.6 is 27.5 Å². The van der Waals surface area contributed by atoms with Crippen molar-refractivity contribution in [3.63, 3.8) is 0 Å². The van der Waals surface area contributed by atoms with E-state index in [1.165, 1.54) is 0 Å². The van der Waals surface area contributed by atoms with Gasteiger partial charge in [-0.1, -0.05) is 37.3 Å². The van der Waals surface area contributed by atoms with Crippen molar-refractivity contribution in [3.05, 3.63) is 27.7 Å². The van der Waals surface area contributed by atoms with Crippen LogP contribution < -0.4 is 4.74 Å². The first kappa shape index (κ1) is 15.0. The molecule has 0 aliphatic carbocycles. The first-order valence-corrected chi connectivity index (χ1v) is 10.4. The molecule has 1 aromatic rings. The van der Waals surface area contributed by atoms with E-state index in [1.54, 1.807) is 0 Å². The van der Waals surface area contributed by atoms with Crippen molar-refractivity contribution in [1.82, 2.24) is 0 Å². The molecule has 0 fully saturated rings. The average Bonchev–Trinajstić information content (AvgIpc) is 2.22. The number of benzene rings is 1. The molecule has 0 amide bonds. The smallest absolute Gasteiger partial charge is 0.189 e. The summed E-state index contributed by atoms with van der Waals surface area (Å²) in [6, 6.07) is 6.67. The highest BCUT2D eigenvalue weighted by atomic mass is 79.9. The Morgan fingerprint density at radius 2 is 2.00 bits per heavy atom. The molecule has 96 valence electrons. The van der Waals surface area contributed by atoms with E-state index in [9.17, 15) is 0 Å². The Bertz CT molecular complexity index is 366. The van der Waals surface area contributed by atoms with Gasteiger partial charge in [-0.25, -0.2) is 0 Å². The molecular formula is C12H18BrClO2Si. The minimum Gasteiger partial charge on any atom is -0.466 e. The largest absolute Gasteiger partial charge is 0.466 e. The Balaban J connectivity index is 2.29. The second-order valence-electron chi connectivity index (χ2n) is 5.03. The van der Waals surface area contributed by atoms with Gasteiger partial charge >= 0.3 is 0 Å². The molecule has 0 saturated carbocycles. The van der Waals surface area contributed by atoms with Gasteiger partial charge in [0.2, 0.25) is 0 Å². The molecule has 0 unspecified atom stereocenters. The van der Waals surface area contributed by atoms with E-state index in [-0.39, 0.29) is 6.79 Å². The van der Waals surface area contributed by atoms with E-state index in [0.29, 0.717) is 10.8 Å². The molecule has 0 aromatic heterocycles. The quantitative estimate of drug-likeness (QED) is 0.422. The molecule has 0 bridgehead atoms. The molecule has 0 aliphatic heterocycles. The zero-order valence-corrected chi connectivity index (χ0v) is 13.8. The summed E-state index contributed by atoms with van der Waals surface area (Å²) in [6.45, 7) is 8.00. The Morgan fingerprint density at radius 3 is 2.65 bits per heavy atom. The Kier molecular flexibility index (Phi) is 5.99. The van der Waals surface area contributed by atoms with Crippen LogP contribution in [0.5, 0.6) is 5.75 Å². The van der Waals surface area contributed by atoms with Crippen molar-refractivity contribution in [1.29, 1.82) is 0 Å². The normalized spacial score (nSPS) is 11.6. The van der Waals surface area contributed by atoms with Crippen LogP contribution in [0.15, 0.2) is 22.7 Å². The summed E-state index contributed by atoms with van der Waals surface area (Å²) in [4.78, 5) is 0. The molecule has 0 radical (unpaired) electrons. The van der Waals surface area contributed by atoms with Gasteiger partial charge in [0.25, 0.3) is 0 Å². The summed E-state index contributed by atoms with van der Waals surface area (Å²) in [5.41, 5.74) is 0. The van der Waals surface area contributed by atoms with E-state index in [4.69, 9.17) is 21.1 Å². The van der Waals surface area contributed by atoms with Gasteiger partial charge in [0.15, 0.2) is 6.79 Å². The molecule has 0 spiro atoms. The summed E-state index contributed by atoms with van der Waals surface area (Å²) in [5.74, 6) is 0.713. The van der Waals surface area contributed by atoms with Crippen LogP contribution in [0.2, 0.25) is 30.7 Å². The predicted molar refractivity (Wildman–Crippen MR) is 78.8 cm³/mol. The minimum atomic E-state index is -1.02. The topological polar surface area (TPSA) is 18.5 Å². The lowest BCUT2D eigenvalue weighted by Crippen LogP contribution is -2.22. The highest BCUT2D eigenvalue weighted by Gasteiger charge is 2.12. The maximum absolute atomic E-state index is 5.95. The molecule has 2 nitrogen and oxygen atoms in total. The number of ether oxygens (including phenoxy) is 2. The molecule has 0 saturated heterocycles. The van der Waals surface area contributed by atoms with Gasteiger partial charge in [-0.05, 0) is 34.1 Å².